The predicted octanol–water partition coefficient (Wildman–Crippen LogP) is -0.651. The van der Waals surface area contributed by atoms with Crippen LogP contribution in [0.1, 0.15) is 27.2 Å². The summed E-state index contributed by atoms with van der Waals surface area (Å²) >= 11 is 0. The van der Waals surface area contributed by atoms with Gasteiger partial charge in [0.15, 0.2) is 9.84 Å². The molecule has 2 aliphatic rings. The third-order valence-electron chi connectivity index (χ3n) is 5.16. The summed E-state index contributed by atoms with van der Waals surface area (Å²) in [5.74, 6) is -0.639. The SMILES string of the molecule is CC(=O)N1CCN(C(=O)C(C)(C)C(=O)N(C)C2CCS(=O)(=O)C2)CC1. The Kier molecular flexibility index (Phi) is 5.46. The number of carbonyl (C=O) groups excluding carboxylic acids is 3. The first kappa shape index (κ1) is 19.7. The van der Waals surface area contributed by atoms with E-state index in [0.717, 1.165) is 0 Å². The summed E-state index contributed by atoms with van der Waals surface area (Å²) in [4.78, 5) is 41.8. The first-order valence-corrected chi connectivity index (χ1v) is 10.3. The van der Waals surface area contributed by atoms with Crippen molar-refractivity contribution in [1.29, 1.82) is 0 Å². The van der Waals surface area contributed by atoms with Crippen molar-refractivity contribution in [2.24, 2.45) is 5.41 Å². The van der Waals surface area contributed by atoms with Crippen molar-refractivity contribution in [3.63, 3.8) is 0 Å². The van der Waals surface area contributed by atoms with Crippen molar-refractivity contribution >= 4 is 27.6 Å². The van der Waals surface area contributed by atoms with Crippen LogP contribution in [0.3, 0.4) is 0 Å². The molecule has 25 heavy (non-hydrogen) atoms. The molecule has 2 saturated heterocycles. The molecule has 8 nitrogen and oxygen atoms in total. The molecule has 0 aromatic heterocycles. The lowest BCUT2D eigenvalue weighted by atomic mass is 9.88. The maximum absolute atomic E-state index is 12.8. The van der Waals surface area contributed by atoms with E-state index < -0.39 is 15.3 Å². The molecule has 0 aromatic carbocycles. The van der Waals surface area contributed by atoms with Gasteiger partial charge >= 0.3 is 0 Å². The van der Waals surface area contributed by atoms with Gasteiger partial charge in [0, 0.05) is 46.2 Å². The van der Waals surface area contributed by atoms with Crippen LogP contribution in [0, 0.1) is 5.41 Å². The molecule has 1 atom stereocenters. The van der Waals surface area contributed by atoms with E-state index in [0.29, 0.717) is 32.6 Å². The second-order valence-corrected chi connectivity index (χ2v) is 9.62. The topological polar surface area (TPSA) is 95.1 Å². The number of nitrogens with zero attached hydrogens (tertiary/aromatic N) is 3. The van der Waals surface area contributed by atoms with Gasteiger partial charge in [-0.2, -0.15) is 0 Å². The van der Waals surface area contributed by atoms with Crippen LogP contribution in [0.5, 0.6) is 0 Å². The molecular formula is C16H27N3O5S. The lowest BCUT2D eigenvalue weighted by Crippen LogP contribution is -2.57. The number of amides is 3. The first-order valence-electron chi connectivity index (χ1n) is 8.48. The molecule has 2 heterocycles. The average Bonchev–Trinajstić information content (AvgIpc) is 2.92. The Morgan fingerprint density at radius 1 is 1.04 bits per heavy atom. The molecule has 0 bridgehead atoms. The Hall–Kier alpha value is -1.64. The highest BCUT2D eigenvalue weighted by Gasteiger charge is 2.44. The minimum absolute atomic E-state index is 0.0235. The highest BCUT2D eigenvalue weighted by atomic mass is 32.2. The molecular weight excluding hydrogens is 346 g/mol. The largest absolute Gasteiger partial charge is 0.341 e. The summed E-state index contributed by atoms with van der Waals surface area (Å²) in [5.41, 5.74) is -1.26. The van der Waals surface area contributed by atoms with Gasteiger partial charge in [-0.05, 0) is 20.3 Å². The molecule has 0 spiro atoms. The zero-order valence-electron chi connectivity index (χ0n) is 15.3. The van der Waals surface area contributed by atoms with Gasteiger partial charge in [-0.25, -0.2) is 8.42 Å². The van der Waals surface area contributed by atoms with E-state index in [1.54, 1.807) is 30.7 Å². The van der Waals surface area contributed by atoms with Gasteiger partial charge in [-0.15, -0.1) is 0 Å². The Labute approximate surface area is 149 Å². The van der Waals surface area contributed by atoms with E-state index in [1.807, 2.05) is 0 Å². The van der Waals surface area contributed by atoms with Crippen molar-refractivity contribution in [2.75, 3.05) is 44.7 Å². The number of hydrogen-bond donors (Lipinski definition) is 0. The highest BCUT2D eigenvalue weighted by Crippen LogP contribution is 2.26. The zero-order chi connectivity index (χ0) is 19.0. The molecule has 2 aliphatic heterocycles. The minimum atomic E-state index is -3.10. The van der Waals surface area contributed by atoms with Crippen LogP contribution in [0.15, 0.2) is 0 Å². The Bertz CT molecular complexity index is 665. The Balaban J connectivity index is 2.03. The lowest BCUT2D eigenvalue weighted by Gasteiger charge is -2.39. The number of carbonyl (C=O) groups is 3. The van der Waals surface area contributed by atoms with Crippen LogP contribution in [0.25, 0.3) is 0 Å². The van der Waals surface area contributed by atoms with Crippen molar-refractivity contribution < 1.29 is 22.8 Å². The van der Waals surface area contributed by atoms with Crippen LogP contribution in [-0.4, -0.2) is 91.6 Å². The fourth-order valence-corrected chi connectivity index (χ4v) is 5.17. The molecule has 2 fully saturated rings. The number of piperazine rings is 1. The summed E-state index contributed by atoms with van der Waals surface area (Å²) in [6, 6.07) is -0.376. The normalized spacial score (nSPS) is 23.4. The van der Waals surface area contributed by atoms with Gasteiger partial charge < -0.3 is 14.7 Å². The smallest absolute Gasteiger partial charge is 0.237 e. The highest BCUT2D eigenvalue weighted by molar-refractivity contribution is 7.91. The lowest BCUT2D eigenvalue weighted by molar-refractivity contribution is -0.156. The molecule has 0 N–H and O–H groups in total. The number of sulfone groups is 1. The van der Waals surface area contributed by atoms with E-state index in [1.165, 1.54) is 11.8 Å². The third kappa shape index (κ3) is 4.13. The predicted molar refractivity (Wildman–Crippen MR) is 92.4 cm³/mol. The molecule has 0 aromatic rings. The van der Waals surface area contributed by atoms with Crippen LogP contribution in [-0.2, 0) is 24.2 Å². The van der Waals surface area contributed by atoms with Crippen LogP contribution >= 0.6 is 0 Å². The molecule has 0 saturated carbocycles. The van der Waals surface area contributed by atoms with E-state index in [9.17, 15) is 22.8 Å². The second kappa shape index (κ2) is 6.93. The van der Waals surface area contributed by atoms with E-state index in [4.69, 9.17) is 0 Å². The molecule has 9 heteroatoms. The fraction of sp³-hybridized carbons (Fsp3) is 0.812. The Morgan fingerprint density at radius 2 is 1.56 bits per heavy atom. The second-order valence-electron chi connectivity index (χ2n) is 7.40. The first-order chi connectivity index (χ1) is 11.5. The minimum Gasteiger partial charge on any atom is -0.341 e. The molecule has 2 rings (SSSR count). The third-order valence-corrected chi connectivity index (χ3v) is 6.91. The standard InChI is InChI=1S/C16H27N3O5S/c1-12(20)18-6-8-19(9-7-18)15(22)16(2,3)14(21)17(4)13-5-10-25(23,24)11-13/h13H,5-11H2,1-4H3. The van der Waals surface area contributed by atoms with Crippen LogP contribution in [0.4, 0.5) is 0 Å². The van der Waals surface area contributed by atoms with Gasteiger partial charge in [0.2, 0.25) is 17.7 Å². The zero-order valence-corrected chi connectivity index (χ0v) is 16.1. The van der Waals surface area contributed by atoms with Crippen molar-refractivity contribution in [3.05, 3.63) is 0 Å². The number of rotatable bonds is 3. The van der Waals surface area contributed by atoms with Gasteiger partial charge in [0.25, 0.3) is 0 Å². The van der Waals surface area contributed by atoms with Crippen molar-refractivity contribution in [3.8, 4) is 0 Å². The van der Waals surface area contributed by atoms with Crippen LogP contribution in [0.2, 0.25) is 0 Å². The quantitative estimate of drug-likeness (QED) is 0.613. The molecule has 1 unspecified atom stereocenters. The molecule has 3 amide bonds. The molecule has 0 aliphatic carbocycles. The summed E-state index contributed by atoms with van der Waals surface area (Å²) in [5, 5.41) is 0. The average molecular weight is 373 g/mol. The van der Waals surface area contributed by atoms with E-state index in [-0.39, 0.29) is 35.3 Å². The maximum Gasteiger partial charge on any atom is 0.237 e. The number of hydrogen-bond acceptors (Lipinski definition) is 5. The fourth-order valence-electron chi connectivity index (χ4n) is 3.40. The van der Waals surface area contributed by atoms with Gasteiger partial charge in [-0.3, -0.25) is 14.4 Å². The van der Waals surface area contributed by atoms with Gasteiger partial charge in [0.1, 0.15) is 5.41 Å². The van der Waals surface area contributed by atoms with Gasteiger partial charge in [0.05, 0.1) is 11.5 Å². The molecule has 142 valence electrons. The van der Waals surface area contributed by atoms with E-state index in [2.05, 4.69) is 0 Å². The summed E-state index contributed by atoms with van der Waals surface area (Å²) in [6.07, 6.45) is 0.409. The summed E-state index contributed by atoms with van der Waals surface area (Å²) < 4.78 is 23.3. The maximum atomic E-state index is 12.8. The van der Waals surface area contributed by atoms with E-state index >= 15 is 0 Å². The van der Waals surface area contributed by atoms with Gasteiger partial charge in [-0.1, -0.05) is 0 Å². The van der Waals surface area contributed by atoms with Crippen molar-refractivity contribution in [2.45, 2.75) is 33.2 Å². The Morgan fingerprint density at radius 3 is 2.00 bits per heavy atom. The van der Waals surface area contributed by atoms with Crippen molar-refractivity contribution in [1.82, 2.24) is 14.7 Å². The summed E-state index contributed by atoms with van der Waals surface area (Å²) in [7, 11) is -1.54. The monoisotopic (exact) mass is 373 g/mol. The van der Waals surface area contributed by atoms with Crippen LogP contribution < -0.4 is 0 Å². The molecule has 0 radical (unpaired) electrons. The summed E-state index contributed by atoms with van der Waals surface area (Å²) in [6.45, 7) is 6.37.